The van der Waals surface area contributed by atoms with E-state index >= 15 is 0 Å². The van der Waals surface area contributed by atoms with Crippen molar-refractivity contribution in [3.8, 4) is 24.7 Å². The van der Waals surface area contributed by atoms with E-state index in [-0.39, 0.29) is 11.8 Å². The predicted octanol–water partition coefficient (Wildman–Crippen LogP) is 3.70. The van der Waals surface area contributed by atoms with Crippen molar-refractivity contribution in [2.24, 2.45) is 5.92 Å². The van der Waals surface area contributed by atoms with Crippen LogP contribution in [-0.2, 0) is 0 Å². The van der Waals surface area contributed by atoms with Gasteiger partial charge in [0.1, 0.15) is 0 Å². The summed E-state index contributed by atoms with van der Waals surface area (Å²) in [5, 5.41) is 0. The summed E-state index contributed by atoms with van der Waals surface area (Å²) in [6, 6.07) is 20.3. The van der Waals surface area contributed by atoms with E-state index in [1.165, 1.54) is 0 Å². The molecular formula is C18H14. The van der Waals surface area contributed by atoms with Crippen molar-refractivity contribution in [2.75, 3.05) is 0 Å². The average molecular weight is 230 g/mol. The van der Waals surface area contributed by atoms with Gasteiger partial charge in [0.05, 0.1) is 5.92 Å². The van der Waals surface area contributed by atoms with Crippen LogP contribution in [-0.4, -0.2) is 0 Å². The lowest BCUT2D eigenvalue weighted by molar-refractivity contribution is 0.727. The lowest BCUT2D eigenvalue weighted by Crippen LogP contribution is -2.11. The van der Waals surface area contributed by atoms with E-state index < -0.39 is 0 Å². The Bertz CT molecular complexity index is 513. The molecule has 0 aliphatic carbocycles. The molecule has 0 spiro atoms. The van der Waals surface area contributed by atoms with Crippen molar-refractivity contribution >= 4 is 0 Å². The third-order valence-electron chi connectivity index (χ3n) is 3.01. The van der Waals surface area contributed by atoms with Crippen LogP contribution in [0.2, 0.25) is 0 Å². The minimum atomic E-state index is -0.227. The summed E-state index contributed by atoms with van der Waals surface area (Å²) in [5.74, 6) is 5.26. The van der Waals surface area contributed by atoms with E-state index in [0.29, 0.717) is 0 Å². The van der Waals surface area contributed by atoms with Crippen molar-refractivity contribution < 1.29 is 0 Å². The Labute approximate surface area is 109 Å². The summed E-state index contributed by atoms with van der Waals surface area (Å²) in [4.78, 5) is 0. The predicted molar refractivity (Wildman–Crippen MR) is 75.9 cm³/mol. The lowest BCUT2D eigenvalue weighted by atomic mass is 9.81. The van der Waals surface area contributed by atoms with Crippen molar-refractivity contribution in [1.29, 1.82) is 0 Å². The van der Waals surface area contributed by atoms with Crippen LogP contribution in [0.4, 0.5) is 0 Å². The molecule has 0 bridgehead atoms. The minimum absolute atomic E-state index is 0.0578. The number of hydrogen-bond acceptors (Lipinski definition) is 0. The van der Waals surface area contributed by atoms with Gasteiger partial charge in [-0.3, -0.25) is 0 Å². The molecule has 0 heteroatoms. The average Bonchev–Trinajstić information content (AvgIpc) is 2.46. The summed E-state index contributed by atoms with van der Waals surface area (Å²) in [7, 11) is 0. The maximum atomic E-state index is 5.57. The molecule has 18 heavy (non-hydrogen) atoms. The van der Waals surface area contributed by atoms with E-state index in [1.807, 2.05) is 36.4 Å². The van der Waals surface area contributed by atoms with Crippen LogP contribution in [0.25, 0.3) is 0 Å². The van der Waals surface area contributed by atoms with Crippen molar-refractivity contribution in [1.82, 2.24) is 0 Å². The Hall–Kier alpha value is -2.44. The summed E-state index contributed by atoms with van der Waals surface area (Å²) in [6.07, 6.45) is 11.1. The van der Waals surface area contributed by atoms with Gasteiger partial charge in [0.2, 0.25) is 0 Å². The SMILES string of the molecule is C#CC(C#C)C(c1ccccc1)c1ccccc1. The Kier molecular flexibility index (Phi) is 3.85. The highest BCUT2D eigenvalue weighted by molar-refractivity contribution is 5.38. The molecule has 0 saturated carbocycles. The minimum Gasteiger partial charge on any atom is -0.119 e. The van der Waals surface area contributed by atoms with Crippen LogP contribution in [0.1, 0.15) is 17.0 Å². The molecule has 2 aromatic carbocycles. The fraction of sp³-hybridized carbons (Fsp3) is 0.111. The highest BCUT2D eigenvalue weighted by Gasteiger charge is 2.21. The smallest absolute Gasteiger partial charge is 0.0914 e. The molecule has 0 unspecified atom stereocenters. The van der Waals surface area contributed by atoms with Gasteiger partial charge in [-0.15, -0.1) is 12.8 Å². The highest BCUT2D eigenvalue weighted by Crippen LogP contribution is 2.31. The topological polar surface area (TPSA) is 0 Å². The lowest BCUT2D eigenvalue weighted by Gasteiger charge is -2.20. The largest absolute Gasteiger partial charge is 0.119 e. The number of hydrogen-bond donors (Lipinski definition) is 0. The monoisotopic (exact) mass is 230 g/mol. The fourth-order valence-corrected chi connectivity index (χ4v) is 2.14. The summed E-state index contributed by atoms with van der Waals surface area (Å²) in [5.41, 5.74) is 2.31. The molecule has 0 heterocycles. The quantitative estimate of drug-likeness (QED) is 0.705. The highest BCUT2D eigenvalue weighted by atomic mass is 14.2. The third kappa shape index (κ3) is 2.45. The van der Waals surface area contributed by atoms with Gasteiger partial charge < -0.3 is 0 Å². The standard InChI is InChI=1S/C18H14/c1-3-15(4-2)18(16-11-7-5-8-12-16)17-13-9-6-10-14-17/h1-2,5-15,18H. The maximum absolute atomic E-state index is 5.57. The third-order valence-corrected chi connectivity index (χ3v) is 3.01. The molecule has 0 nitrogen and oxygen atoms in total. The molecule has 0 atom stereocenters. The fourth-order valence-electron chi connectivity index (χ4n) is 2.14. The van der Waals surface area contributed by atoms with Crippen LogP contribution >= 0.6 is 0 Å². The first-order valence-corrected chi connectivity index (χ1v) is 5.89. The van der Waals surface area contributed by atoms with Gasteiger partial charge in [0, 0.05) is 5.92 Å². The first-order chi connectivity index (χ1) is 8.86. The van der Waals surface area contributed by atoms with Crippen LogP contribution in [0, 0.1) is 30.6 Å². The Morgan fingerprint density at radius 1 is 0.667 bits per heavy atom. The molecule has 0 radical (unpaired) electrons. The molecule has 0 fully saturated rings. The first kappa shape index (κ1) is 12.0. The first-order valence-electron chi connectivity index (χ1n) is 5.89. The van der Waals surface area contributed by atoms with Crippen LogP contribution in [0.15, 0.2) is 60.7 Å². The maximum Gasteiger partial charge on any atom is 0.0914 e. The number of terminal acetylenes is 2. The van der Waals surface area contributed by atoms with Gasteiger partial charge in [0.15, 0.2) is 0 Å². The van der Waals surface area contributed by atoms with Gasteiger partial charge in [0.25, 0.3) is 0 Å². The van der Waals surface area contributed by atoms with E-state index in [2.05, 4.69) is 36.1 Å². The molecule has 2 rings (SSSR count). The second-order valence-electron chi connectivity index (χ2n) is 4.11. The summed E-state index contributed by atoms with van der Waals surface area (Å²) in [6.45, 7) is 0. The van der Waals surface area contributed by atoms with Gasteiger partial charge in [-0.2, -0.15) is 0 Å². The molecule has 2 aromatic rings. The van der Waals surface area contributed by atoms with E-state index in [4.69, 9.17) is 12.8 Å². The number of rotatable bonds is 3. The Morgan fingerprint density at radius 2 is 1.06 bits per heavy atom. The molecular weight excluding hydrogens is 216 g/mol. The normalized spacial score (nSPS) is 10.0. The van der Waals surface area contributed by atoms with Gasteiger partial charge >= 0.3 is 0 Å². The molecule has 0 aromatic heterocycles. The zero-order valence-corrected chi connectivity index (χ0v) is 10.1. The molecule has 86 valence electrons. The van der Waals surface area contributed by atoms with Crippen LogP contribution in [0.5, 0.6) is 0 Å². The van der Waals surface area contributed by atoms with Gasteiger partial charge in [-0.25, -0.2) is 0 Å². The second kappa shape index (κ2) is 5.76. The molecule has 0 saturated heterocycles. The zero-order chi connectivity index (χ0) is 12.8. The van der Waals surface area contributed by atoms with Crippen LogP contribution in [0.3, 0.4) is 0 Å². The van der Waals surface area contributed by atoms with Gasteiger partial charge in [-0.1, -0.05) is 72.5 Å². The molecule has 0 aliphatic rings. The van der Waals surface area contributed by atoms with Gasteiger partial charge in [-0.05, 0) is 11.1 Å². The molecule has 0 amide bonds. The van der Waals surface area contributed by atoms with Crippen molar-refractivity contribution in [3.63, 3.8) is 0 Å². The summed E-state index contributed by atoms with van der Waals surface area (Å²) < 4.78 is 0. The van der Waals surface area contributed by atoms with E-state index in [1.54, 1.807) is 0 Å². The van der Waals surface area contributed by atoms with E-state index in [9.17, 15) is 0 Å². The molecule has 0 aliphatic heterocycles. The van der Waals surface area contributed by atoms with Crippen LogP contribution < -0.4 is 0 Å². The summed E-state index contributed by atoms with van der Waals surface area (Å²) >= 11 is 0. The van der Waals surface area contributed by atoms with Crippen molar-refractivity contribution in [2.45, 2.75) is 5.92 Å². The van der Waals surface area contributed by atoms with Crippen molar-refractivity contribution in [3.05, 3.63) is 71.8 Å². The zero-order valence-electron chi connectivity index (χ0n) is 10.1. The molecule has 0 N–H and O–H groups in total. The van der Waals surface area contributed by atoms with E-state index in [0.717, 1.165) is 11.1 Å². The Morgan fingerprint density at radius 3 is 1.39 bits per heavy atom. The number of benzene rings is 2. The second-order valence-corrected chi connectivity index (χ2v) is 4.11. The Balaban J connectivity index is 2.50.